The zero-order chi connectivity index (χ0) is 52.9. The first-order valence-electron chi connectivity index (χ1n) is 22.7. The summed E-state index contributed by atoms with van der Waals surface area (Å²) < 4.78 is 75.5. The smallest absolute Gasteiger partial charge is 0.302 e. The van der Waals surface area contributed by atoms with Crippen molar-refractivity contribution in [2.75, 3.05) is 110 Å². The van der Waals surface area contributed by atoms with E-state index in [2.05, 4.69) is 26.6 Å². The molecule has 1 saturated heterocycles. The van der Waals surface area contributed by atoms with Crippen LogP contribution in [0.2, 0.25) is 0 Å². The monoisotopic (exact) mass is 1050 g/mol. The van der Waals surface area contributed by atoms with E-state index >= 15 is 0 Å². The number of hydrogen-bond donors (Lipinski definition) is 9. The van der Waals surface area contributed by atoms with Crippen LogP contribution in [0.4, 0.5) is 5.69 Å². The van der Waals surface area contributed by atoms with Crippen molar-refractivity contribution in [3.8, 4) is 5.75 Å². The van der Waals surface area contributed by atoms with Gasteiger partial charge in [0.1, 0.15) is 43.0 Å². The van der Waals surface area contributed by atoms with E-state index < -0.39 is 101 Å². The number of benzene rings is 1. The van der Waals surface area contributed by atoms with Crippen LogP contribution in [0.15, 0.2) is 30.4 Å². The van der Waals surface area contributed by atoms with Gasteiger partial charge >= 0.3 is 5.97 Å². The second kappa shape index (κ2) is 33.1. The predicted molar refractivity (Wildman–Crippen MR) is 245 cm³/mol. The van der Waals surface area contributed by atoms with Gasteiger partial charge in [-0.15, -0.1) is 0 Å². The van der Waals surface area contributed by atoms with Gasteiger partial charge in [0.05, 0.1) is 77.9 Å². The number of aliphatic hydroxyl groups is 3. The molecule has 5 atom stereocenters. The molecule has 72 heavy (non-hydrogen) atoms. The molecule has 2 aliphatic rings. The third-order valence-corrected chi connectivity index (χ3v) is 10.6. The minimum absolute atomic E-state index is 0.00654. The molecule has 0 bridgehead atoms. The van der Waals surface area contributed by atoms with Crippen LogP contribution in [0.5, 0.6) is 5.75 Å². The molecule has 0 spiro atoms. The Morgan fingerprint density at radius 1 is 0.764 bits per heavy atom. The molecule has 2 unspecified atom stereocenters. The zero-order valence-electron chi connectivity index (χ0n) is 39.6. The molecule has 0 aliphatic carbocycles. The van der Waals surface area contributed by atoms with Gasteiger partial charge in [0.15, 0.2) is 0 Å². The highest BCUT2D eigenvalue weighted by molar-refractivity contribution is 7.85. The maximum Gasteiger partial charge on any atom is 0.302 e. The van der Waals surface area contributed by atoms with Crippen LogP contribution in [-0.2, 0) is 88.2 Å². The van der Waals surface area contributed by atoms with Gasteiger partial charge in [-0.05, 0) is 17.7 Å². The lowest BCUT2D eigenvalue weighted by molar-refractivity contribution is -0.229. The molecule has 1 aromatic rings. The van der Waals surface area contributed by atoms with Crippen LogP contribution in [0.25, 0.3) is 0 Å². The Kier molecular flexibility index (Phi) is 27.8. The van der Waals surface area contributed by atoms with Gasteiger partial charge in [0, 0.05) is 70.9 Å². The first-order valence-corrected chi connectivity index (χ1v) is 24.3. The third-order valence-electron chi connectivity index (χ3n) is 9.84. The summed E-state index contributed by atoms with van der Waals surface area (Å²) in [5.74, 6) is -5.72. The van der Waals surface area contributed by atoms with Crippen molar-refractivity contribution in [2.45, 2.75) is 69.9 Å². The van der Waals surface area contributed by atoms with Crippen LogP contribution in [0.3, 0.4) is 0 Å². The summed E-state index contributed by atoms with van der Waals surface area (Å²) in [5.41, 5.74) is 0.609. The Labute approximate surface area is 414 Å². The fourth-order valence-corrected chi connectivity index (χ4v) is 6.91. The van der Waals surface area contributed by atoms with Crippen LogP contribution in [-0.4, -0.2) is 216 Å². The fourth-order valence-electron chi connectivity index (χ4n) is 6.25. The van der Waals surface area contributed by atoms with Crippen LogP contribution in [0, 0.1) is 0 Å². The fraction of sp³-hybridized carbons (Fsp3) is 0.628. The van der Waals surface area contributed by atoms with E-state index in [0.29, 0.717) is 5.56 Å². The number of nitrogens with zero attached hydrogens (tertiary/aromatic N) is 1. The van der Waals surface area contributed by atoms with Crippen molar-refractivity contribution in [3.63, 3.8) is 0 Å². The van der Waals surface area contributed by atoms with Crippen molar-refractivity contribution in [2.24, 2.45) is 0 Å². The van der Waals surface area contributed by atoms with Gasteiger partial charge in [-0.3, -0.25) is 47.8 Å². The number of esters is 1. The number of carbonyl (C=O) groups excluding carboxylic acids is 8. The van der Waals surface area contributed by atoms with Crippen molar-refractivity contribution in [1.82, 2.24) is 26.2 Å². The lowest BCUT2D eigenvalue weighted by Crippen LogP contribution is -2.51. The number of rotatable bonds is 36. The summed E-state index contributed by atoms with van der Waals surface area (Å²) >= 11 is 0. The quantitative estimate of drug-likeness (QED) is 0.0133. The number of amides is 7. The van der Waals surface area contributed by atoms with Gasteiger partial charge in [-0.2, -0.15) is 8.42 Å². The first kappa shape index (κ1) is 60.6. The number of imide groups is 1. The Morgan fingerprint density at radius 3 is 2.01 bits per heavy atom. The molecule has 9 N–H and O–H groups in total. The maximum atomic E-state index is 12.9. The summed E-state index contributed by atoms with van der Waals surface area (Å²) in [7, 11) is -4.71. The first-order chi connectivity index (χ1) is 34.3. The number of hydrogen-bond acceptors (Lipinski definition) is 21. The topological polar surface area (TPSA) is 389 Å². The molecule has 1 aromatic carbocycles. The lowest BCUT2D eigenvalue weighted by atomic mass is 10.0. The number of aliphatic hydroxyl groups excluding tert-OH is 3. The SMILES string of the molecule is CC(=O)OCc1ccc(O[C@H]2C[C@@H](O)[C@@H](O)C(CO)O2)c(NC(=O)CCNC(=O)COCCNC(=O)C(CS(=O)(=O)O)NC(=O)CCOCCOCCOCCOCCNC(=O)CCN2C(=O)C=CC2=O)c1. The highest BCUT2D eigenvalue weighted by Gasteiger charge is 2.38. The van der Waals surface area contributed by atoms with Crippen molar-refractivity contribution >= 4 is 63.1 Å². The van der Waals surface area contributed by atoms with E-state index in [4.69, 9.17) is 37.9 Å². The normalized spacial score (nSPS) is 18.0. The number of anilines is 1. The van der Waals surface area contributed by atoms with Gasteiger partial charge in [-0.1, -0.05) is 6.07 Å². The Hall–Kier alpha value is -5.73. The maximum absolute atomic E-state index is 12.9. The van der Waals surface area contributed by atoms with Gasteiger partial charge in [0.2, 0.25) is 35.8 Å². The second-order valence-corrected chi connectivity index (χ2v) is 17.1. The standard InChI is InChI=1S/C43H64N6O22S/c1-28(51)69-25-29-2-3-33(70-41-23-32(52)42(59)34(24-50)71-41)30(22-29)47-36(54)6-9-44-38(56)26-68-15-11-46-43(60)31(27-72(61,62)63)48-37(55)8-13-64-16-18-66-20-21-67-19-17-65-14-10-45-35(53)7-12-49-39(57)4-5-40(49)58/h2-5,22,31-32,34,41-42,50,52,59H,6-21,23-27H2,1H3,(H,44,56)(H,45,53)(H,46,60)(H,47,54)(H,48,55)(H,61,62,63)/t31?,32-,34?,41-,42-/m1/s1. The highest BCUT2D eigenvalue weighted by atomic mass is 32.2. The molecule has 0 aromatic heterocycles. The molecule has 3 rings (SSSR count). The molecule has 0 saturated carbocycles. The Bertz CT molecular complexity index is 2080. The summed E-state index contributed by atoms with van der Waals surface area (Å²) in [6.45, 7) is 1.05. The van der Waals surface area contributed by atoms with E-state index in [1.807, 2.05) is 0 Å². The molecule has 1 fully saturated rings. The molecule has 7 amide bonds. The molecule has 0 radical (unpaired) electrons. The highest BCUT2D eigenvalue weighted by Crippen LogP contribution is 2.31. The van der Waals surface area contributed by atoms with Gasteiger partial charge in [-0.25, -0.2) is 0 Å². The summed E-state index contributed by atoms with van der Waals surface area (Å²) in [4.78, 5) is 97.5. The molecular weight excluding hydrogens is 985 g/mol. The Balaban J connectivity index is 1.23. The van der Waals surface area contributed by atoms with Crippen LogP contribution >= 0.6 is 0 Å². The second-order valence-electron chi connectivity index (χ2n) is 15.6. The van der Waals surface area contributed by atoms with E-state index in [9.17, 15) is 66.6 Å². The average molecular weight is 1050 g/mol. The van der Waals surface area contributed by atoms with E-state index in [0.717, 1.165) is 17.1 Å². The number of carbonyl (C=O) groups is 8. The summed E-state index contributed by atoms with van der Waals surface area (Å²) in [6.07, 6.45) is -3.20. The van der Waals surface area contributed by atoms with Crippen molar-refractivity contribution in [1.29, 1.82) is 0 Å². The lowest BCUT2D eigenvalue weighted by Gasteiger charge is -2.36. The molecule has 2 heterocycles. The van der Waals surface area contributed by atoms with Crippen LogP contribution < -0.4 is 31.3 Å². The van der Waals surface area contributed by atoms with E-state index in [1.54, 1.807) is 6.07 Å². The molecule has 2 aliphatic heterocycles. The minimum atomic E-state index is -4.71. The number of nitrogens with one attached hydrogen (secondary N) is 5. The minimum Gasteiger partial charge on any atom is -0.463 e. The van der Waals surface area contributed by atoms with Gasteiger partial charge < -0.3 is 79.8 Å². The summed E-state index contributed by atoms with van der Waals surface area (Å²) in [5, 5.41) is 42.0. The van der Waals surface area contributed by atoms with Crippen molar-refractivity contribution < 1.29 is 105 Å². The molecular formula is C43H64N6O22S. The molecule has 29 heteroatoms. The third kappa shape index (κ3) is 25.1. The average Bonchev–Trinajstić information content (AvgIpc) is 3.64. The van der Waals surface area contributed by atoms with E-state index in [1.165, 1.54) is 19.1 Å². The van der Waals surface area contributed by atoms with Crippen molar-refractivity contribution in [3.05, 3.63) is 35.9 Å². The molecule has 404 valence electrons. The van der Waals surface area contributed by atoms with Gasteiger partial charge in [0.25, 0.3) is 21.9 Å². The predicted octanol–water partition coefficient (Wildman–Crippen LogP) is -4.20. The van der Waals surface area contributed by atoms with E-state index in [-0.39, 0.29) is 135 Å². The zero-order valence-corrected chi connectivity index (χ0v) is 40.4. The number of ether oxygens (including phenoxy) is 8. The summed E-state index contributed by atoms with van der Waals surface area (Å²) in [6, 6.07) is 2.82. The molecule has 28 nitrogen and oxygen atoms in total. The largest absolute Gasteiger partial charge is 0.463 e. The van der Waals surface area contributed by atoms with Crippen LogP contribution in [0.1, 0.15) is 38.2 Å². The Morgan fingerprint density at radius 2 is 1.38 bits per heavy atom.